The number of nitrogens with one attached hydrogen (secondary N) is 1. The molecule has 0 saturated carbocycles. The third-order valence-corrected chi connectivity index (χ3v) is 2.90. The molecule has 2 rings (SSSR count). The Morgan fingerprint density at radius 3 is 2.62 bits per heavy atom. The minimum atomic E-state index is -1.10. The topological polar surface area (TPSA) is 88.5 Å². The molecule has 1 aromatic carbocycles. The first kappa shape index (κ1) is 14.8. The summed E-state index contributed by atoms with van der Waals surface area (Å²) < 4.78 is 4.99. The predicted molar refractivity (Wildman–Crippen MR) is 77.2 cm³/mol. The monoisotopic (exact) mass is 306 g/mol. The fourth-order valence-corrected chi connectivity index (χ4v) is 1.77. The number of anilines is 1. The van der Waals surface area contributed by atoms with Gasteiger partial charge >= 0.3 is 5.97 Å². The number of methoxy groups -OCH3 is 1. The summed E-state index contributed by atoms with van der Waals surface area (Å²) in [6.45, 7) is 0. The van der Waals surface area contributed by atoms with Crippen molar-refractivity contribution in [2.24, 2.45) is 0 Å². The number of carboxylic acids is 1. The highest BCUT2D eigenvalue weighted by Gasteiger charge is 2.13. The van der Waals surface area contributed by atoms with Gasteiger partial charge in [-0.1, -0.05) is 11.6 Å². The predicted octanol–water partition coefficient (Wildman–Crippen LogP) is 2.69. The van der Waals surface area contributed by atoms with Gasteiger partial charge in [0.05, 0.1) is 12.7 Å². The van der Waals surface area contributed by atoms with Crippen molar-refractivity contribution in [2.45, 2.75) is 0 Å². The number of carboxylic acid groups (broad SMARTS) is 1. The van der Waals surface area contributed by atoms with Crippen molar-refractivity contribution < 1.29 is 19.4 Å². The van der Waals surface area contributed by atoms with E-state index in [4.69, 9.17) is 21.4 Å². The van der Waals surface area contributed by atoms with Gasteiger partial charge < -0.3 is 15.2 Å². The number of halogens is 1. The molecule has 0 bridgehead atoms. The normalized spacial score (nSPS) is 10.0. The molecule has 1 heterocycles. The highest BCUT2D eigenvalue weighted by atomic mass is 35.5. The Hall–Kier alpha value is -2.60. The second-order valence-corrected chi connectivity index (χ2v) is 4.43. The van der Waals surface area contributed by atoms with E-state index in [1.54, 1.807) is 0 Å². The van der Waals surface area contributed by atoms with Gasteiger partial charge in [-0.25, -0.2) is 9.78 Å². The summed E-state index contributed by atoms with van der Waals surface area (Å²) >= 11 is 5.65. The number of hydrogen-bond donors (Lipinski definition) is 2. The van der Waals surface area contributed by atoms with Crippen molar-refractivity contribution in [1.82, 2.24) is 4.98 Å². The zero-order valence-corrected chi connectivity index (χ0v) is 11.7. The Bertz CT molecular complexity index is 686. The van der Waals surface area contributed by atoms with E-state index in [1.807, 2.05) is 0 Å². The average Bonchev–Trinajstić information content (AvgIpc) is 2.47. The molecule has 0 fully saturated rings. The maximum Gasteiger partial charge on any atom is 0.339 e. The fraction of sp³-hybridized carbons (Fsp3) is 0.0714. The molecule has 0 aliphatic carbocycles. The van der Waals surface area contributed by atoms with Gasteiger partial charge in [-0.15, -0.1) is 0 Å². The van der Waals surface area contributed by atoms with E-state index in [9.17, 15) is 9.59 Å². The van der Waals surface area contributed by atoms with Gasteiger partial charge in [0, 0.05) is 18.0 Å². The summed E-state index contributed by atoms with van der Waals surface area (Å²) in [5, 5.41) is 11.9. The zero-order chi connectivity index (χ0) is 15.4. The fourth-order valence-electron chi connectivity index (χ4n) is 1.66. The summed E-state index contributed by atoms with van der Waals surface area (Å²) in [7, 11) is 1.36. The third-order valence-electron chi connectivity index (χ3n) is 2.68. The Balaban J connectivity index is 2.21. The lowest BCUT2D eigenvalue weighted by Crippen LogP contribution is -2.12. The Morgan fingerprint density at radius 1 is 1.29 bits per heavy atom. The highest BCUT2D eigenvalue weighted by Crippen LogP contribution is 2.23. The van der Waals surface area contributed by atoms with Crippen molar-refractivity contribution in [3.63, 3.8) is 0 Å². The average molecular weight is 307 g/mol. The van der Waals surface area contributed by atoms with Crippen molar-refractivity contribution in [3.8, 4) is 5.75 Å². The number of rotatable bonds is 4. The molecule has 6 nitrogen and oxygen atoms in total. The van der Waals surface area contributed by atoms with Crippen LogP contribution in [0.1, 0.15) is 20.7 Å². The van der Waals surface area contributed by atoms with Crippen LogP contribution in [-0.2, 0) is 0 Å². The molecule has 0 atom stereocenters. The lowest BCUT2D eigenvalue weighted by Gasteiger charge is -2.09. The van der Waals surface area contributed by atoms with Crippen molar-refractivity contribution in [2.75, 3.05) is 12.4 Å². The van der Waals surface area contributed by atoms with Crippen LogP contribution in [0.25, 0.3) is 0 Å². The number of benzene rings is 1. The van der Waals surface area contributed by atoms with E-state index in [0.29, 0.717) is 16.4 Å². The van der Waals surface area contributed by atoms with Gasteiger partial charge in [0.15, 0.2) is 0 Å². The zero-order valence-electron chi connectivity index (χ0n) is 11.0. The van der Waals surface area contributed by atoms with E-state index in [1.165, 1.54) is 43.6 Å². The lowest BCUT2D eigenvalue weighted by atomic mass is 10.1. The highest BCUT2D eigenvalue weighted by molar-refractivity contribution is 6.29. The summed E-state index contributed by atoms with van der Waals surface area (Å²) in [5.41, 5.74) is 0.765. The molecule has 2 N–H and O–H groups in total. The second-order valence-electron chi connectivity index (χ2n) is 4.04. The molecule has 7 heteroatoms. The first-order valence-electron chi connectivity index (χ1n) is 5.85. The molecule has 108 valence electrons. The van der Waals surface area contributed by atoms with Gasteiger partial charge in [-0.2, -0.15) is 0 Å². The maximum atomic E-state index is 12.0. The first-order valence-corrected chi connectivity index (χ1v) is 6.23. The number of carbonyl (C=O) groups is 2. The van der Waals surface area contributed by atoms with Gasteiger partial charge in [0.2, 0.25) is 0 Å². The molecule has 0 saturated heterocycles. The van der Waals surface area contributed by atoms with Crippen LogP contribution in [0.3, 0.4) is 0 Å². The molecular formula is C14H11ClN2O4. The largest absolute Gasteiger partial charge is 0.496 e. The van der Waals surface area contributed by atoms with Crippen molar-refractivity contribution in [3.05, 3.63) is 52.8 Å². The number of pyridine rings is 1. The SMILES string of the molecule is COc1cc(NC(=O)c2ccc(Cl)nc2)ccc1C(=O)O. The first-order chi connectivity index (χ1) is 10.0. The van der Waals surface area contributed by atoms with Crippen molar-refractivity contribution >= 4 is 29.2 Å². The van der Waals surface area contributed by atoms with Crippen LogP contribution in [0, 0.1) is 0 Å². The van der Waals surface area contributed by atoms with E-state index >= 15 is 0 Å². The maximum absolute atomic E-state index is 12.0. The van der Waals surface area contributed by atoms with Crippen LogP contribution in [-0.4, -0.2) is 29.1 Å². The number of carbonyl (C=O) groups excluding carboxylic acids is 1. The Kier molecular flexibility index (Phi) is 4.39. The van der Waals surface area contributed by atoms with Crippen LogP contribution in [0.15, 0.2) is 36.5 Å². The molecular weight excluding hydrogens is 296 g/mol. The quantitative estimate of drug-likeness (QED) is 0.848. The number of aromatic carboxylic acids is 1. The van der Waals surface area contributed by atoms with Crippen LogP contribution in [0.2, 0.25) is 5.15 Å². The van der Waals surface area contributed by atoms with Crippen LogP contribution >= 0.6 is 11.6 Å². The number of ether oxygens (including phenoxy) is 1. The number of hydrogen-bond acceptors (Lipinski definition) is 4. The van der Waals surface area contributed by atoms with Gasteiger partial charge in [0.25, 0.3) is 5.91 Å². The summed E-state index contributed by atoms with van der Waals surface area (Å²) in [4.78, 5) is 26.8. The molecule has 0 aliphatic heterocycles. The standard InChI is InChI=1S/C14H11ClN2O4/c1-21-11-6-9(3-4-10(11)14(19)20)17-13(18)8-2-5-12(15)16-7-8/h2-7H,1H3,(H,17,18)(H,19,20). The van der Waals surface area contributed by atoms with E-state index in [-0.39, 0.29) is 17.2 Å². The Labute approximate surface area is 125 Å². The Morgan fingerprint density at radius 2 is 2.05 bits per heavy atom. The van der Waals surface area contributed by atoms with E-state index < -0.39 is 5.97 Å². The van der Waals surface area contributed by atoms with Gasteiger partial charge in [0.1, 0.15) is 16.5 Å². The van der Waals surface area contributed by atoms with Crippen LogP contribution < -0.4 is 10.1 Å². The van der Waals surface area contributed by atoms with Crippen LogP contribution in [0.4, 0.5) is 5.69 Å². The molecule has 1 aromatic heterocycles. The molecule has 1 amide bonds. The minimum absolute atomic E-state index is 0.0173. The summed E-state index contributed by atoms with van der Waals surface area (Å²) in [6, 6.07) is 7.31. The smallest absolute Gasteiger partial charge is 0.339 e. The van der Waals surface area contributed by atoms with E-state index in [0.717, 1.165) is 0 Å². The summed E-state index contributed by atoms with van der Waals surface area (Å²) in [5.74, 6) is -1.33. The molecule has 0 radical (unpaired) electrons. The number of aromatic nitrogens is 1. The molecule has 21 heavy (non-hydrogen) atoms. The minimum Gasteiger partial charge on any atom is -0.496 e. The summed E-state index contributed by atoms with van der Waals surface area (Å²) in [6.07, 6.45) is 1.35. The molecule has 0 aliphatic rings. The van der Waals surface area contributed by atoms with Crippen molar-refractivity contribution in [1.29, 1.82) is 0 Å². The van der Waals surface area contributed by atoms with Gasteiger partial charge in [-0.3, -0.25) is 4.79 Å². The molecule has 0 unspecified atom stereocenters. The van der Waals surface area contributed by atoms with Crippen LogP contribution in [0.5, 0.6) is 5.75 Å². The molecule has 2 aromatic rings. The third kappa shape index (κ3) is 3.49. The van der Waals surface area contributed by atoms with Gasteiger partial charge in [-0.05, 0) is 24.3 Å². The molecule has 0 spiro atoms. The van der Waals surface area contributed by atoms with E-state index in [2.05, 4.69) is 10.3 Å². The lowest BCUT2D eigenvalue weighted by molar-refractivity contribution is 0.0693. The second kappa shape index (κ2) is 6.23. The number of nitrogens with zero attached hydrogens (tertiary/aromatic N) is 1. The number of amides is 1.